The minimum absolute atomic E-state index is 0.108. The van der Waals surface area contributed by atoms with Crippen LogP contribution >= 0.6 is 0 Å². The van der Waals surface area contributed by atoms with E-state index in [1.54, 1.807) is 0 Å². The van der Waals surface area contributed by atoms with Crippen LogP contribution in [0, 0.1) is 11.7 Å². The maximum absolute atomic E-state index is 10.8. The van der Waals surface area contributed by atoms with E-state index in [1.165, 1.54) is 0 Å². The van der Waals surface area contributed by atoms with Gasteiger partial charge in [0.25, 0.3) is 0 Å². The van der Waals surface area contributed by atoms with E-state index in [1.807, 2.05) is 6.92 Å². The second kappa shape index (κ2) is 5.88. The first-order valence-electron chi connectivity index (χ1n) is 3.47. The normalized spacial score (nSPS) is 9.17. The van der Waals surface area contributed by atoms with E-state index in [4.69, 9.17) is 10.2 Å². The molecule has 6 heteroatoms. The third kappa shape index (κ3) is 5.01. The van der Waals surface area contributed by atoms with E-state index in [-0.39, 0.29) is 12.3 Å². The number of carbonyl (C=O) groups excluding carboxylic acids is 1. The summed E-state index contributed by atoms with van der Waals surface area (Å²) in [7, 11) is 0. The summed E-state index contributed by atoms with van der Waals surface area (Å²) in [5.74, 6) is -0.108. The summed E-state index contributed by atoms with van der Waals surface area (Å²) in [4.78, 5) is 21.1. The monoisotopic (exact) mass is 402 g/mol. The molecule has 0 aromatic rings. The Morgan fingerprint density at radius 3 is 2.58 bits per heavy atom. The fourth-order valence-corrected chi connectivity index (χ4v) is 2.79. The molecule has 12 heavy (non-hydrogen) atoms. The molecule has 0 radical (unpaired) electrons. The van der Waals surface area contributed by atoms with Gasteiger partial charge in [0.05, 0.1) is 0 Å². The van der Waals surface area contributed by atoms with Crippen LogP contribution in [0.2, 0.25) is 5.66 Å². The van der Waals surface area contributed by atoms with Gasteiger partial charge in [-0.2, -0.15) is 0 Å². The third-order valence-corrected chi connectivity index (χ3v) is 5.32. The van der Waals surface area contributed by atoms with E-state index < -0.39 is 17.0 Å². The maximum atomic E-state index is 10.8. The number of nitrogens with two attached hydrogens (primary N) is 1. The van der Waals surface area contributed by atoms with Gasteiger partial charge in [0.1, 0.15) is 0 Å². The number of carboxylic acid groups (broad SMARTS) is 1. The molecule has 5 nitrogen and oxygen atoms in total. The summed E-state index contributed by atoms with van der Waals surface area (Å²) >= 11 is -2.78. The number of nitrogens with one attached hydrogen (secondary N) is 1. The summed E-state index contributed by atoms with van der Waals surface area (Å²) < 4.78 is 0. The van der Waals surface area contributed by atoms with Crippen molar-refractivity contribution in [1.82, 2.24) is 5.32 Å². The van der Waals surface area contributed by atoms with Gasteiger partial charge < -0.3 is 0 Å². The van der Waals surface area contributed by atoms with Gasteiger partial charge in [0, 0.05) is 0 Å². The standard InChI is InChI=1S/C5H10NO.CHO2.Am.H2N/c1-3-5(7)6-4-2;2-1-3;;/h1,3-4H2,2H3,(H,6,7);(H,2,3);;1H2/q;;+1;-1. The molecule has 0 aromatic heterocycles. The molecule has 0 heterocycles. The second-order valence-corrected chi connectivity index (χ2v) is 8.27. The van der Waals surface area contributed by atoms with Gasteiger partial charge in [-0.1, -0.05) is 0 Å². The molecule has 0 rings (SSSR count). The van der Waals surface area contributed by atoms with Gasteiger partial charge >= 0.3 is 73.5 Å². The SMILES string of the molecule is CCNC(=O)C[CH2][Am]([NH2])[C](=O)O. The molecular weight excluding hydrogens is 391 g/mol. The Labute approximate surface area is 74.2 Å². The van der Waals surface area contributed by atoms with Crippen LogP contribution in [0.1, 0.15) is 13.3 Å². The molecule has 0 aliphatic heterocycles. The van der Waals surface area contributed by atoms with E-state index in [0.29, 0.717) is 12.2 Å². The predicted molar refractivity (Wildman–Crippen MR) is 40.3 cm³/mol. The van der Waals surface area contributed by atoms with Crippen LogP contribution in [0.15, 0.2) is 0 Å². The first-order chi connectivity index (χ1) is 5.57. The summed E-state index contributed by atoms with van der Waals surface area (Å²) in [6.45, 7) is 2.40. The van der Waals surface area contributed by atoms with Gasteiger partial charge in [0.2, 0.25) is 0 Å². The molecule has 0 bridgehead atoms. The molecule has 0 saturated carbocycles. The molecule has 0 unspecified atom stereocenters. The number of hydrogen-bond donors (Lipinski definition) is 3. The van der Waals surface area contributed by atoms with Crippen molar-refractivity contribution in [3.05, 3.63) is 0 Å². The van der Waals surface area contributed by atoms with Gasteiger partial charge in [-0.3, -0.25) is 0 Å². The quantitative estimate of drug-likeness (QED) is 0.607. The zero-order valence-electron chi connectivity index (χ0n) is 6.84. The van der Waals surface area contributed by atoms with Crippen molar-refractivity contribution in [3.63, 3.8) is 0 Å². The van der Waals surface area contributed by atoms with Gasteiger partial charge in [-0.15, -0.1) is 0 Å². The zero-order valence-corrected chi connectivity index (χ0v) is 9.99. The number of hydrogen-bond acceptors (Lipinski definition) is 3. The summed E-state index contributed by atoms with van der Waals surface area (Å²) in [5, 5.41) is 15.6. The Kier molecular flexibility index (Phi) is 5.53. The number of carbonyl (C=O) groups is 2. The van der Waals surface area contributed by atoms with E-state index in [2.05, 4.69) is 5.32 Å². The van der Waals surface area contributed by atoms with Crippen molar-refractivity contribution in [2.24, 2.45) is 5.06 Å². The van der Waals surface area contributed by atoms with E-state index in [0.717, 1.165) is 0 Å². The summed E-state index contributed by atoms with van der Waals surface area (Å²) in [5.41, 5.74) is 0.384. The van der Waals surface area contributed by atoms with E-state index in [9.17, 15) is 9.59 Å². The molecule has 0 fully saturated rings. The average Bonchev–Trinajstić information content (AvgIpc) is 2.00. The fourth-order valence-electron chi connectivity index (χ4n) is 0.554. The van der Waals surface area contributed by atoms with Crippen LogP contribution in [-0.4, -0.2) is 22.8 Å². The second-order valence-electron chi connectivity index (χ2n) is 2.04. The molecule has 0 spiro atoms. The van der Waals surface area contributed by atoms with Gasteiger partial charge in [-0.05, 0) is 0 Å². The molecule has 0 atom stereocenters. The number of amides is 1. The first kappa shape index (κ1) is 11.3. The summed E-state index contributed by atoms with van der Waals surface area (Å²) in [6, 6.07) is 0. The molecular formula is C6H13AmN2O3. The average molecular weight is 404 g/mol. The minimum atomic E-state index is -2.78. The third-order valence-electron chi connectivity index (χ3n) is 1.11. The predicted octanol–water partition coefficient (Wildman–Crippen LogP) is 0.103. The Balaban J connectivity index is 3.54. The molecule has 0 saturated heterocycles. The van der Waals surface area contributed by atoms with Gasteiger partial charge in [-0.25, -0.2) is 0 Å². The van der Waals surface area contributed by atoms with E-state index >= 15 is 0 Å². The summed E-state index contributed by atoms with van der Waals surface area (Å²) in [6.07, 6.45) is 0.258. The fraction of sp³-hybridized carbons (Fsp3) is 0.667. The van der Waals surface area contributed by atoms with Crippen molar-refractivity contribution in [1.29, 1.82) is 0 Å². The molecule has 0 aliphatic carbocycles. The van der Waals surface area contributed by atoms with Crippen LogP contribution in [-0.2, 0) is 4.79 Å². The Morgan fingerprint density at radius 1 is 1.58 bits per heavy atom. The van der Waals surface area contributed by atoms with Crippen molar-refractivity contribution in [2.45, 2.75) is 19.0 Å². The van der Waals surface area contributed by atoms with Crippen molar-refractivity contribution in [2.75, 3.05) is 6.54 Å². The first-order valence-corrected chi connectivity index (χ1v) is 9.09. The number of rotatable bonds is 5. The van der Waals surface area contributed by atoms with Crippen molar-refractivity contribution < 1.29 is 26.4 Å². The molecule has 0 aromatic carbocycles. The topological polar surface area (TPSA) is 92.4 Å². The molecule has 1 amide bonds. The van der Waals surface area contributed by atoms with Crippen LogP contribution in [0.5, 0.6) is 0 Å². The zero-order chi connectivity index (χ0) is 9.56. The van der Waals surface area contributed by atoms with Crippen LogP contribution in [0.4, 0.5) is 4.79 Å². The Bertz CT molecular complexity index is 174. The van der Waals surface area contributed by atoms with Crippen molar-refractivity contribution in [3.8, 4) is 0 Å². The molecule has 72 valence electrons. The van der Waals surface area contributed by atoms with Crippen LogP contribution in [0.25, 0.3) is 0 Å². The molecule has 4 N–H and O–H groups in total. The van der Waals surface area contributed by atoms with Crippen molar-refractivity contribution >= 4 is 11.1 Å². The van der Waals surface area contributed by atoms with Crippen LogP contribution in [0.3, 0.4) is 0 Å². The Morgan fingerprint density at radius 2 is 2.17 bits per heavy atom. The Hall–Kier alpha value is -0.710. The van der Waals surface area contributed by atoms with Crippen LogP contribution < -0.4 is 10.4 Å². The van der Waals surface area contributed by atoms with Gasteiger partial charge in [0.15, 0.2) is 0 Å². The molecule has 0 aliphatic rings.